The SMILES string of the molecule is N#Cc1cccc(CN2CCC3(CC2)CC(CCOCC2CC2)CCO3)c1. The predicted molar refractivity (Wildman–Crippen MR) is 105 cm³/mol. The fourth-order valence-electron chi connectivity index (χ4n) is 4.62. The van der Waals surface area contributed by atoms with Crippen LogP contribution in [0.3, 0.4) is 0 Å². The van der Waals surface area contributed by atoms with Crippen molar-refractivity contribution in [1.29, 1.82) is 5.26 Å². The molecule has 4 heteroatoms. The zero-order chi connectivity index (χ0) is 18.5. The van der Waals surface area contributed by atoms with E-state index in [9.17, 15) is 0 Å². The van der Waals surface area contributed by atoms with E-state index in [0.29, 0.717) is 0 Å². The lowest BCUT2D eigenvalue weighted by molar-refractivity contribution is -0.130. The largest absolute Gasteiger partial charge is 0.381 e. The van der Waals surface area contributed by atoms with E-state index >= 15 is 0 Å². The third kappa shape index (κ3) is 5.31. The van der Waals surface area contributed by atoms with Gasteiger partial charge < -0.3 is 9.47 Å². The molecule has 146 valence electrons. The molecule has 2 aliphatic heterocycles. The molecule has 4 rings (SSSR count). The Balaban J connectivity index is 1.22. The van der Waals surface area contributed by atoms with Crippen molar-refractivity contribution in [2.24, 2.45) is 11.8 Å². The predicted octanol–water partition coefficient (Wildman–Crippen LogP) is 4.14. The first-order valence-corrected chi connectivity index (χ1v) is 10.7. The molecule has 0 aromatic heterocycles. The van der Waals surface area contributed by atoms with Crippen molar-refractivity contribution in [1.82, 2.24) is 4.90 Å². The lowest BCUT2D eigenvalue weighted by atomic mass is 9.78. The number of rotatable bonds is 7. The van der Waals surface area contributed by atoms with Crippen molar-refractivity contribution in [3.05, 3.63) is 35.4 Å². The van der Waals surface area contributed by atoms with Crippen molar-refractivity contribution in [2.75, 3.05) is 32.9 Å². The van der Waals surface area contributed by atoms with Crippen molar-refractivity contribution >= 4 is 0 Å². The second-order valence-corrected chi connectivity index (χ2v) is 8.79. The molecule has 0 amide bonds. The summed E-state index contributed by atoms with van der Waals surface area (Å²) in [6, 6.07) is 10.2. The van der Waals surface area contributed by atoms with Crippen LogP contribution in [0.25, 0.3) is 0 Å². The fraction of sp³-hybridized carbons (Fsp3) is 0.696. The van der Waals surface area contributed by atoms with Crippen molar-refractivity contribution in [3.63, 3.8) is 0 Å². The molecule has 1 aromatic rings. The number of likely N-dealkylation sites (tertiary alicyclic amines) is 1. The van der Waals surface area contributed by atoms with E-state index in [0.717, 1.165) is 69.7 Å². The van der Waals surface area contributed by atoms with Gasteiger partial charge in [-0.25, -0.2) is 0 Å². The summed E-state index contributed by atoms with van der Waals surface area (Å²) in [6.45, 7) is 5.93. The molecule has 1 aliphatic carbocycles. The van der Waals surface area contributed by atoms with Gasteiger partial charge in [-0.1, -0.05) is 12.1 Å². The molecular weight excluding hydrogens is 336 g/mol. The summed E-state index contributed by atoms with van der Waals surface area (Å²) in [5.41, 5.74) is 2.09. The second-order valence-electron chi connectivity index (χ2n) is 8.79. The number of hydrogen-bond donors (Lipinski definition) is 0. The topological polar surface area (TPSA) is 45.5 Å². The average molecular weight is 369 g/mol. The molecule has 1 atom stereocenters. The first-order chi connectivity index (χ1) is 13.2. The maximum atomic E-state index is 9.08. The zero-order valence-corrected chi connectivity index (χ0v) is 16.4. The van der Waals surface area contributed by atoms with Crippen molar-refractivity contribution < 1.29 is 9.47 Å². The van der Waals surface area contributed by atoms with Gasteiger partial charge in [0.1, 0.15) is 0 Å². The standard InChI is InChI=1S/C23H32N2O2/c24-16-21-2-1-3-22(14-21)17-25-10-8-23(9-11-25)15-19(7-13-27-23)6-12-26-18-20-4-5-20/h1-3,14,19-20H,4-13,15,17-18H2. The minimum atomic E-state index is 0.102. The summed E-state index contributed by atoms with van der Waals surface area (Å²) in [5, 5.41) is 9.08. The van der Waals surface area contributed by atoms with E-state index < -0.39 is 0 Å². The fourth-order valence-corrected chi connectivity index (χ4v) is 4.62. The van der Waals surface area contributed by atoms with E-state index in [-0.39, 0.29) is 5.60 Å². The van der Waals surface area contributed by atoms with Gasteiger partial charge in [0, 0.05) is 39.5 Å². The van der Waals surface area contributed by atoms with Crippen LogP contribution in [0.4, 0.5) is 0 Å². The number of nitrogens with zero attached hydrogens (tertiary/aromatic N) is 2. The molecule has 4 nitrogen and oxygen atoms in total. The summed E-state index contributed by atoms with van der Waals surface area (Å²) >= 11 is 0. The van der Waals surface area contributed by atoms with Gasteiger partial charge >= 0.3 is 0 Å². The van der Waals surface area contributed by atoms with Crippen LogP contribution in [-0.4, -0.2) is 43.4 Å². The first-order valence-electron chi connectivity index (χ1n) is 10.7. The summed E-state index contributed by atoms with van der Waals surface area (Å²) in [7, 11) is 0. The lowest BCUT2D eigenvalue weighted by Gasteiger charge is -2.46. The minimum absolute atomic E-state index is 0.102. The molecule has 3 fully saturated rings. The molecule has 1 unspecified atom stereocenters. The van der Waals surface area contributed by atoms with Crippen LogP contribution < -0.4 is 0 Å². The average Bonchev–Trinajstić information content (AvgIpc) is 3.52. The normalized spacial score (nSPS) is 25.4. The molecule has 1 spiro atoms. The van der Waals surface area contributed by atoms with Crippen LogP contribution in [0, 0.1) is 23.2 Å². The number of hydrogen-bond acceptors (Lipinski definition) is 4. The smallest absolute Gasteiger partial charge is 0.0991 e. The molecule has 2 saturated heterocycles. The number of benzene rings is 1. The highest BCUT2D eigenvalue weighted by atomic mass is 16.5. The Bertz CT molecular complexity index is 657. The molecule has 0 N–H and O–H groups in total. The first kappa shape index (κ1) is 18.9. The Labute approximate surface area is 163 Å². The van der Waals surface area contributed by atoms with Crippen molar-refractivity contribution in [2.45, 2.75) is 57.1 Å². The summed E-state index contributed by atoms with van der Waals surface area (Å²) in [4.78, 5) is 2.51. The maximum absolute atomic E-state index is 9.08. The Hall–Kier alpha value is -1.41. The summed E-state index contributed by atoms with van der Waals surface area (Å²) in [5.74, 6) is 1.63. The minimum Gasteiger partial charge on any atom is -0.381 e. The van der Waals surface area contributed by atoms with E-state index in [1.807, 2.05) is 18.2 Å². The molecule has 1 saturated carbocycles. The molecular formula is C23H32N2O2. The Morgan fingerprint density at radius 3 is 2.81 bits per heavy atom. The molecule has 3 aliphatic rings. The van der Waals surface area contributed by atoms with E-state index in [1.54, 1.807) is 0 Å². The monoisotopic (exact) mass is 368 g/mol. The quantitative estimate of drug-likeness (QED) is 0.679. The highest BCUT2D eigenvalue weighted by Crippen LogP contribution is 2.39. The van der Waals surface area contributed by atoms with Crippen molar-refractivity contribution in [3.8, 4) is 6.07 Å². The Morgan fingerprint density at radius 2 is 2.04 bits per heavy atom. The lowest BCUT2D eigenvalue weighted by Crippen LogP contribution is -2.49. The Morgan fingerprint density at radius 1 is 1.19 bits per heavy atom. The van der Waals surface area contributed by atoms with E-state index in [1.165, 1.54) is 37.7 Å². The van der Waals surface area contributed by atoms with Crippen LogP contribution >= 0.6 is 0 Å². The van der Waals surface area contributed by atoms with Gasteiger partial charge in [0.15, 0.2) is 0 Å². The Kier molecular flexibility index (Phi) is 6.12. The van der Waals surface area contributed by atoms with Crippen LogP contribution in [0.1, 0.15) is 56.1 Å². The van der Waals surface area contributed by atoms with Gasteiger partial charge in [-0.05, 0) is 74.5 Å². The van der Waals surface area contributed by atoms with Crippen LogP contribution in [0.2, 0.25) is 0 Å². The summed E-state index contributed by atoms with van der Waals surface area (Å²) in [6.07, 6.45) is 8.60. The highest BCUT2D eigenvalue weighted by molar-refractivity contribution is 5.32. The van der Waals surface area contributed by atoms with E-state index in [4.69, 9.17) is 14.7 Å². The molecule has 0 radical (unpaired) electrons. The van der Waals surface area contributed by atoms with Gasteiger partial charge in [0.05, 0.1) is 17.2 Å². The van der Waals surface area contributed by atoms with Gasteiger partial charge in [0.2, 0.25) is 0 Å². The number of piperidine rings is 1. The summed E-state index contributed by atoms with van der Waals surface area (Å²) < 4.78 is 12.2. The number of ether oxygens (including phenoxy) is 2. The third-order valence-corrected chi connectivity index (χ3v) is 6.55. The van der Waals surface area contributed by atoms with Crippen LogP contribution in [-0.2, 0) is 16.0 Å². The highest BCUT2D eigenvalue weighted by Gasteiger charge is 2.40. The molecule has 2 heterocycles. The third-order valence-electron chi connectivity index (χ3n) is 6.55. The van der Waals surface area contributed by atoms with Gasteiger partial charge in [-0.3, -0.25) is 4.90 Å². The molecule has 1 aromatic carbocycles. The van der Waals surface area contributed by atoms with Gasteiger partial charge in [0.25, 0.3) is 0 Å². The zero-order valence-electron chi connectivity index (χ0n) is 16.4. The van der Waals surface area contributed by atoms with Crippen LogP contribution in [0.5, 0.6) is 0 Å². The molecule has 0 bridgehead atoms. The molecule has 27 heavy (non-hydrogen) atoms. The number of nitriles is 1. The van der Waals surface area contributed by atoms with Crippen LogP contribution in [0.15, 0.2) is 24.3 Å². The van der Waals surface area contributed by atoms with E-state index in [2.05, 4.69) is 17.0 Å². The van der Waals surface area contributed by atoms with Gasteiger partial charge in [-0.15, -0.1) is 0 Å². The second kappa shape index (κ2) is 8.73. The van der Waals surface area contributed by atoms with Gasteiger partial charge in [-0.2, -0.15) is 5.26 Å². The maximum Gasteiger partial charge on any atom is 0.0991 e.